The van der Waals surface area contributed by atoms with Gasteiger partial charge in [0.2, 0.25) is 10.0 Å². The van der Waals surface area contributed by atoms with Gasteiger partial charge in [0.05, 0.1) is 10.9 Å². The van der Waals surface area contributed by atoms with E-state index in [1.165, 1.54) is 6.33 Å². The summed E-state index contributed by atoms with van der Waals surface area (Å²) in [7, 11) is -3.46. The van der Waals surface area contributed by atoms with E-state index in [0.29, 0.717) is 0 Å². The summed E-state index contributed by atoms with van der Waals surface area (Å²) in [6, 6.07) is 8.18. The zero-order valence-electron chi connectivity index (χ0n) is 9.89. The van der Waals surface area contributed by atoms with E-state index in [0.717, 1.165) is 0 Å². The van der Waals surface area contributed by atoms with Gasteiger partial charge < -0.3 is 0 Å². The Balaban J connectivity index is 2.02. The zero-order chi connectivity index (χ0) is 13.0. The highest BCUT2D eigenvalue weighted by atomic mass is 32.2. The lowest BCUT2D eigenvalue weighted by molar-refractivity contribution is 0.478. The number of aromatic nitrogens is 3. The van der Waals surface area contributed by atoms with Crippen molar-refractivity contribution in [1.29, 1.82) is 0 Å². The summed E-state index contributed by atoms with van der Waals surface area (Å²) >= 11 is 0. The molecule has 1 N–H and O–H groups in total. The van der Waals surface area contributed by atoms with Crippen LogP contribution in [0.25, 0.3) is 0 Å². The van der Waals surface area contributed by atoms with Crippen LogP contribution in [0, 0.1) is 0 Å². The van der Waals surface area contributed by atoms with Crippen LogP contribution in [0.3, 0.4) is 0 Å². The SMILES string of the molecule is C[C@H](CNS(=O)(=O)c1ccccc1)n1cncn1. The summed E-state index contributed by atoms with van der Waals surface area (Å²) in [5, 5.41) is 3.96. The van der Waals surface area contributed by atoms with Crippen molar-refractivity contribution >= 4 is 10.0 Å². The molecule has 7 heteroatoms. The Morgan fingerprint density at radius 1 is 1.33 bits per heavy atom. The standard InChI is InChI=1S/C11H14N4O2S/c1-10(15-9-12-8-13-15)7-14-18(16,17)11-5-3-2-4-6-11/h2-6,8-10,14H,7H2,1H3/t10-/m1/s1. The Bertz CT molecular complexity index is 581. The molecule has 1 aromatic carbocycles. The highest BCUT2D eigenvalue weighted by Gasteiger charge is 2.15. The number of nitrogens with one attached hydrogen (secondary N) is 1. The van der Waals surface area contributed by atoms with E-state index in [2.05, 4.69) is 14.8 Å². The summed E-state index contributed by atoms with van der Waals surface area (Å²) in [6.45, 7) is 2.13. The molecule has 18 heavy (non-hydrogen) atoms. The van der Waals surface area contributed by atoms with Crippen LogP contribution in [-0.4, -0.2) is 29.7 Å². The van der Waals surface area contributed by atoms with Crippen molar-refractivity contribution in [3.63, 3.8) is 0 Å². The average Bonchev–Trinajstić information content (AvgIpc) is 2.91. The van der Waals surface area contributed by atoms with Crippen LogP contribution in [-0.2, 0) is 10.0 Å². The lowest BCUT2D eigenvalue weighted by atomic mass is 10.4. The van der Waals surface area contributed by atoms with Crippen LogP contribution >= 0.6 is 0 Å². The van der Waals surface area contributed by atoms with Crippen molar-refractivity contribution in [2.75, 3.05) is 6.54 Å². The van der Waals surface area contributed by atoms with Crippen LogP contribution < -0.4 is 4.72 Å². The van der Waals surface area contributed by atoms with Gasteiger partial charge in [-0.1, -0.05) is 18.2 Å². The summed E-state index contributed by atoms with van der Waals surface area (Å²) in [5.74, 6) is 0. The molecule has 1 aromatic heterocycles. The predicted molar refractivity (Wildman–Crippen MR) is 66.4 cm³/mol. The first-order valence-electron chi connectivity index (χ1n) is 5.48. The first-order chi connectivity index (χ1) is 8.59. The fourth-order valence-corrected chi connectivity index (χ4v) is 2.59. The fraction of sp³-hybridized carbons (Fsp3) is 0.273. The van der Waals surface area contributed by atoms with E-state index in [1.807, 2.05) is 6.92 Å². The van der Waals surface area contributed by atoms with Gasteiger partial charge >= 0.3 is 0 Å². The molecule has 0 spiro atoms. The first kappa shape index (κ1) is 12.7. The second-order valence-corrected chi connectivity index (χ2v) is 5.66. The van der Waals surface area contributed by atoms with Crippen molar-refractivity contribution in [2.45, 2.75) is 17.9 Å². The largest absolute Gasteiger partial charge is 0.249 e. The number of rotatable bonds is 5. The lowest BCUT2D eigenvalue weighted by Gasteiger charge is -2.12. The van der Waals surface area contributed by atoms with E-state index in [9.17, 15) is 8.42 Å². The molecule has 0 saturated carbocycles. The van der Waals surface area contributed by atoms with Crippen LogP contribution in [0.1, 0.15) is 13.0 Å². The van der Waals surface area contributed by atoms with Gasteiger partial charge in [0.15, 0.2) is 0 Å². The summed E-state index contributed by atoms with van der Waals surface area (Å²) in [5.41, 5.74) is 0. The molecule has 0 aliphatic rings. The highest BCUT2D eigenvalue weighted by molar-refractivity contribution is 7.89. The average molecular weight is 266 g/mol. The number of hydrogen-bond acceptors (Lipinski definition) is 4. The number of benzene rings is 1. The molecule has 0 amide bonds. The van der Waals surface area contributed by atoms with Crippen LogP contribution in [0.4, 0.5) is 0 Å². The molecular formula is C11H14N4O2S. The minimum atomic E-state index is -3.46. The van der Waals surface area contributed by atoms with Gasteiger partial charge in [-0.25, -0.2) is 22.8 Å². The maximum Gasteiger partial charge on any atom is 0.240 e. The first-order valence-corrected chi connectivity index (χ1v) is 6.97. The van der Waals surface area contributed by atoms with Gasteiger partial charge in [-0.3, -0.25) is 0 Å². The topological polar surface area (TPSA) is 76.9 Å². The van der Waals surface area contributed by atoms with Gasteiger partial charge in [0, 0.05) is 6.54 Å². The van der Waals surface area contributed by atoms with E-state index < -0.39 is 10.0 Å². The van der Waals surface area contributed by atoms with Crippen LogP contribution in [0.5, 0.6) is 0 Å². The second-order valence-electron chi connectivity index (χ2n) is 3.89. The molecule has 0 aliphatic carbocycles. The summed E-state index contributed by atoms with van der Waals surface area (Å²) in [6.07, 6.45) is 2.98. The van der Waals surface area contributed by atoms with Gasteiger partial charge in [0.1, 0.15) is 12.7 Å². The maximum absolute atomic E-state index is 11.9. The van der Waals surface area contributed by atoms with E-state index in [-0.39, 0.29) is 17.5 Å². The second kappa shape index (κ2) is 5.28. The molecule has 2 aromatic rings. The van der Waals surface area contributed by atoms with Gasteiger partial charge in [-0.15, -0.1) is 0 Å². The Morgan fingerprint density at radius 2 is 2.06 bits per heavy atom. The third-order valence-corrected chi connectivity index (χ3v) is 3.95. The highest BCUT2D eigenvalue weighted by Crippen LogP contribution is 2.08. The number of hydrogen-bond donors (Lipinski definition) is 1. The molecule has 0 saturated heterocycles. The maximum atomic E-state index is 11.9. The molecular weight excluding hydrogens is 252 g/mol. The normalized spacial score (nSPS) is 13.4. The van der Waals surface area contributed by atoms with Gasteiger partial charge in [0.25, 0.3) is 0 Å². The third-order valence-electron chi connectivity index (χ3n) is 2.51. The van der Waals surface area contributed by atoms with Gasteiger partial charge in [-0.2, -0.15) is 5.10 Å². The molecule has 0 unspecified atom stereocenters. The molecule has 0 radical (unpaired) electrons. The minimum Gasteiger partial charge on any atom is -0.249 e. The van der Waals surface area contributed by atoms with Crippen molar-refractivity contribution in [3.05, 3.63) is 43.0 Å². The Labute approximate surface area is 106 Å². The molecule has 2 rings (SSSR count). The van der Waals surface area contributed by atoms with E-state index >= 15 is 0 Å². The van der Waals surface area contributed by atoms with E-state index in [4.69, 9.17) is 0 Å². The predicted octanol–water partition coefficient (Wildman–Crippen LogP) is 0.818. The van der Waals surface area contributed by atoms with E-state index in [1.54, 1.807) is 41.3 Å². The smallest absolute Gasteiger partial charge is 0.240 e. The third kappa shape index (κ3) is 2.93. The van der Waals surface area contributed by atoms with Crippen LogP contribution in [0.15, 0.2) is 47.9 Å². The molecule has 1 heterocycles. The molecule has 0 bridgehead atoms. The minimum absolute atomic E-state index is 0.0917. The van der Waals surface area contributed by atoms with Crippen LogP contribution in [0.2, 0.25) is 0 Å². The lowest BCUT2D eigenvalue weighted by Crippen LogP contribution is -2.29. The molecule has 0 fully saturated rings. The summed E-state index contributed by atoms with van der Waals surface area (Å²) < 4.78 is 28.1. The van der Waals surface area contributed by atoms with Crippen molar-refractivity contribution in [3.8, 4) is 0 Å². The molecule has 1 atom stereocenters. The summed E-state index contributed by atoms with van der Waals surface area (Å²) in [4.78, 5) is 4.08. The Kier molecular flexibility index (Phi) is 3.73. The van der Waals surface area contributed by atoms with Crippen molar-refractivity contribution < 1.29 is 8.42 Å². The zero-order valence-corrected chi connectivity index (χ0v) is 10.7. The quantitative estimate of drug-likeness (QED) is 0.869. The Hall–Kier alpha value is -1.73. The van der Waals surface area contributed by atoms with Crippen molar-refractivity contribution in [2.24, 2.45) is 0 Å². The molecule has 0 aliphatic heterocycles. The van der Waals surface area contributed by atoms with Crippen molar-refractivity contribution in [1.82, 2.24) is 19.5 Å². The molecule has 6 nitrogen and oxygen atoms in total. The number of nitrogens with zero attached hydrogens (tertiary/aromatic N) is 3. The fourth-order valence-electron chi connectivity index (χ4n) is 1.45. The monoisotopic (exact) mass is 266 g/mol. The molecule has 96 valence electrons. The Morgan fingerprint density at radius 3 is 2.67 bits per heavy atom. The van der Waals surface area contributed by atoms with Gasteiger partial charge in [-0.05, 0) is 19.1 Å². The number of sulfonamides is 1.